The molecule has 1 spiro atoms. The molecule has 8 heteroatoms. The molecule has 0 aliphatic carbocycles. The van der Waals surface area contributed by atoms with Gasteiger partial charge in [-0.1, -0.05) is 30.9 Å². The van der Waals surface area contributed by atoms with E-state index in [0.717, 1.165) is 0 Å². The van der Waals surface area contributed by atoms with Gasteiger partial charge < -0.3 is 24.4 Å². The quantitative estimate of drug-likeness (QED) is 0.213. The normalized spacial score (nSPS) is 20.8. The van der Waals surface area contributed by atoms with Crippen LogP contribution < -0.4 is 9.64 Å². The van der Waals surface area contributed by atoms with Crippen LogP contribution in [-0.4, -0.2) is 61.5 Å². The summed E-state index contributed by atoms with van der Waals surface area (Å²) in [4.78, 5) is 43.1. The van der Waals surface area contributed by atoms with Crippen molar-refractivity contribution in [3.05, 3.63) is 77.9 Å². The lowest BCUT2D eigenvalue weighted by Gasteiger charge is -2.34. The number of benzene rings is 2. The zero-order chi connectivity index (χ0) is 24.5. The standard InChI is InChI=1S/C26H26N2O6/c1-4-15-34-18-12-10-17(11-13-18)22(29)21-23(30)24(31)28(14-7-16-33-3)26(21)19-8-5-6-9-20(19)27(2)25(26)32/h4-6,8-13,29H,1,7,14-16H2,2-3H3. The number of amides is 2. The SMILES string of the molecule is C=CCOc1ccc(C(O)=C2C(=O)C(=O)N(CCCOC)C23C(=O)N(C)c2ccccc23)cc1. The number of hydrogen-bond donors (Lipinski definition) is 1. The summed E-state index contributed by atoms with van der Waals surface area (Å²) in [7, 11) is 3.13. The molecule has 1 saturated heterocycles. The maximum atomic E-state index is 13.8. The number of methoxy groups -OCH3 is 1. The van der Waals surface area contributed by atoms with Gasteiger partial charge in [-0.2, -0.15) is 0 Å². The molecule has 2 aromatic carbocycles. The Morgan fingerprint density at radius 2 is 1.82 bits per heavy atom. The molecule has 2 amide bonds. The van der Waals surface area contributed by atoms with Crippen molar-refractivity contribution in [1.82, 2.24) is 4.90 Å². The molecule has 1 atom stereocenters. The Bertz CT molecular complexity index is 1190. The number of hydrogen-bond acceptors (Lipinski definition) is 6. The molecule has 2 aliphatic heterocycles. The van der Waals surface area contributed by atoms with Gasteiger partial charge in [0.2, 0.25) is 0 Å². The third kappa shape index (κ3) is 3.38. The van der Waals surface area contributed by atoms with E-state index < -0.39 is 28.9 Å². The van der Waals surface area contributed by atoms with Gasteiger partial charge >= 0.3 is 0 Å². The van der Waals surface area contributed by atoms with E-state index in [1.165, 1.54) is 16.9 Å². The highest BCUT2D eigenvalue weighted by Crippen LogP contribution is 2.53. The largest absolute Gasteiger partial charge is 0.507 e. The first-order valence-corrected chi connectivity index (χ1v) is 10.9. The van der Waals surface area contributed by atoms with E-state index >= 15 is 0 Å². The van der Waals surface area contributed by atoms with Gasteiger partial charge in [0.1, 0.15) is 18.1 Å². The maximum absolute atomic E-state index is 13.8. The zero-order valence-electron chi connectivity index (χ0n) is 19.1. The summed E-state index contributed by atoms with van der Waals surface area (Å²) in [6.07, 6.45) is 2.03. The van der Waals surface area contributed by atoms with Crippen LogP contribution in [0.15, 0.2) is 66.8 Å². The fourth-order valence-electron chi connectivity index (χ4n) is 4.65. The second-order valence-electron chi connectivity index (χ2n) is 8.07. The van der Waals surface area contributed by atoms with Gasteiger partial charge in [0.15, 0.2) is 5.54 Å². The fraction of sp³-hybridized carbons (Fsp3) is 0.269. The summed E-state index contributed by atoms with van der Waals surface area (Å²) in [5.41, 5.74) is -0.650. The maximum Gasteiger partial charge on any atom is 0.296 e. The first kappa shape index (κ1) is 23.3. The van der Waals surface area contributed by atoms with Crippen LogP contribution in [0.1, 0.15) is 17.5 Å². The smallest absolute Gasteiger partial charge is 0.296 e. The van der Waals surface area contributed by atoms with Gasteiger partial charge in [-0.3, -0.25) is 14.4 Å². The van der Waals surface area contributed by atoms with Gasteiger partial charge in [0.05, 0.1) is 5.57 Å². The highest BCUT2D eigenvalue weighted by molar-refractivity contribution is 6.50. The monoisotopic (exact) mass is 462 g/mol. The average molecular weight is 463 g/mol. The van der Waals surface area contributed by atoms with Crippen LogP contribution in [0.5, 0.6) is 5.75 Å². The lowest BCUT2D eigenvalue weighted by molar-refractivity contribution is -0.143. The Morgan fingerprint density at radius 1 is 1.12 bits per heavy atom. The number of likely N-dealkylation sites (N-methyl/N-ethyl adjacent to an activating group) is 1. The molecule has 8 nitrogen and oxygen atoms in total. The number of ketones is 1. The molecule has 0 saturated carbocycles. The number of aliphatic hydroxyl groups is 1. The summed E-state index contributed by atoms with van der Waals surface area (Å²) >= 11 is 0. The number of aliphatic hydroxyl groups excluding tert-OH is 1. The molecule has 1 N–H and O–H groups in total. The number of fused-ring (bicyclic) bond motifs is 2. The summed E-state index contributed by atoms with van der Waals surface area (Å²) in [5, 5.41) is 11.3. The topological polar surface area (TPSA) is 96.4 Å². The number of carbonyl (C=O) groups is 3. The number of rotatable bonds is 8. The first-order chi connectivity index (χ1) is 16.4. The molecule has 1 fully saturated rings. The number of ether oxygens (including phenoxy) is 2. The van der Waals surface area contributed by atoms with E-state index in [9.17, 15) is 19.5 Å². The van der Waals surface area contributed by atoms with E-state index in [1.807, 2.05) is 0 Å². The molecule has 4 rings (SSSR count). The third-order valence-corrected chi connectivity index (χ3v) is 6.17. The predicted octanol–water partition coefficient (Wildman–Crippen LogP) is 2.84. The van der Waals surface area contributed by atoms with E-state index in [4.69, 9.17) is 9.47 Å². The Balaban J connectivity index is 1.92. The van der Waals surface area contributed by atoms with Crippen LogP contribution in [0, 0.1) is 0 Å². The highest BCUT2D eigenvalue weighted by Gasteiger charge is 2.66. The Hall–Kier alpha value is -3.91. The highest BCUT2D eigenvalue weighted by atomic mass is 16.5. The van der Waals surface area contributed by atoms with Gasteiger partial charge in [-0.05, 0) is 36.8 Å². The number of carbonyl (C=O) groups excluding carboxylic acids is 3. The molecule has 176 valence electrons. The lowest BCUT2D eigenvalue weighted by Crippen LogP contribution is -2.51. The molecular formula is C26H26N2O6. The molecule has 2 aromatic rings. The summed E-state index contributed by atoms with van der Waals surface area (Å²) in [6.45, 7) is 4.37. The lowest BCUT2D eigenvalue weighted by atomic mass is 9.82. The van der Waals surface area contributed by atoms with Crippen molar-refractivity contribution in [2.45, 2.75) is 12.0 Å². The Morgan fingerprint density at radius 3 is 2.50 bits per heavy atom. The van der Waals surface area contributed by atoms with Crippen molar-refractivity contribution < 1.29 is 29.0 Å². The molecular weight excluding hydrogens is 436 g/mol. The molecule has 2 aliphatic rings. The minimum Gasteiger partial charge on any atom is -0.507 e. The molecule has 34 heavy (non-hydrogen) atoms. The minimum absolute atomic E-state index is 0.109. The van der Waals surface area contributed by atoms with Gasteiger partial charge in [-0.15, -0.1) is 0 Å². The van der Waals surface area contributed by atoms with Crippen LogP contribution >= 0.6 is 0 Å². The van der Waals surface area contributed by atoms with Gasteiger partial charge in [-0.25, -0.2) is 0 Å². The van der Waals surface area contributed by atoms with Crippen LogP contribution in [0.3, 0.4) is 0 Å². The van der Waals surface area contributed by atoms with Crippen molar-refractivity contribution in [2.24, 2.45) is 0 Å². The molecule has 1 unspecified atom stereocenters. The second kappa shape index (κ2) is 9.15. The minimum atomic E-state index is -1.75. The van der Waals surface area contributed by atoms with Crippen molar-refractivity contribution in [2.75, 3.05) is 38.8 Å². The average Bonchev–Trinajstić information content (AvgIpc) is 3.21. The van der Waals surface area contributed by atoms with E-state index in [2.05, 4.69) is 6.58 Å². The predicted molar refractivity (Wildman–Crippen MR) is 126 cm³/mol. The number of Topliss-reactive ketones (excluding diaryl/α,β-unsaturated/α-hetero) is 1. The van der Waals surface area contributed by atoms with Crippen molar-refractivity contribution in [1.29, 1.82) is 0 Å². The van der Waals surface area contributed by atoms with Gasteiger partial charge in [0.25, 0.3) is 17.6 Å². The number of anilines is 1. The van der Waals surface area contributed by atoms with Crippen molar-refractivity contribution in [3.8, 4) is 5.75 Å². The van der Waals surface area contributed by atoms with Crippen LogP contribution in [0.25, 0.3) is 5.76 Å². The van der Waals surface area contributed by atoms with Crippen LogP contribution in [-0.2, 0) is 24.7 Å². The number of likely N-dealkylation sites (tertiary alicyclic amines) is 1. The van der Waals surface area contributed by atoms with E-state index in [0.29, 0.717) is 42.2 Å². The van der Waals surface area contributed by atoms with E-state index in [1.54, 1.807) is 61.7 Å². The number of para-hydroxylation sites is 1. The van der Waals surface area contributed by atoms with E-state index in [-0.39, 0.29) is 12.1 Å². The first-order valence-electron chi connectivity index (χ1n) is 10.9. The van der Waals surface area contributed by atoms with Crippen molar-refractivity contribution >= 4 is 29.0 Å². The summed E-state index contributed by atoms with van der Waals surface area (Å²) in [5.74, 6) is -2.07. The van der Waals surface area contributed by atoms with Gasteiger partial charge in [0, 0.05) is 44.1 Å². The fourth-order valence-corrected chi connectivity index (χ4v) is 4.65. The molecule has 2 heterocycles. The van der Waals surface area contributed by atoms with Crippen LogP contribution in [0.4, 0.5) is 5.69 Å². The molecule has 0 bridgehead atoms. The zero-order valence-corrected chi connectivity index (χ0v) is 19.1. The molecule has 0 aromatic heterocycles. The number of nitrogens with zero attached hydrogens (tertiary/aromatic N) is 2. The summed E-state index contributed by atoms with van der Waals surface area (Å²) in [6, 6.07) is 13.4. The Labute approximate surface area is 197 Å². The second-order valence-corrected chi connectivity index (χ2v) is 8.07. The third-order valence-electron chi connectivity index (χ3n) is 6.17. The van der Waals surface area contributed by atoms with Crippen LogP contribution in [0.2, 0.25) is 0 Å². The van der Waals surface area contributed by atoms with Crippen molar-refractivity contribution in [3.63, 3.8) is 0 Å². The summed E-state index contributed by atoms with van der Waals surface area (Å²) < 4.78 is 10.6. The molecule has 0 radical (unpaired) electrons. The Kier molecular flexibility index (Phi) is 6.26.